The number of hydrogen-bond donors (Lipinski definition) is 0. The lowest BCUT2D eigenvalue weighted by atomic mass is 10.3. The summed E-state index contributed by atoms with van der Waals surface area (Å²) in [6.45, 7) is 0. The zero-order chi connectivity index (χ0) is 11.1. The quantitative estimate of drug-likeness (QED) is 0.624. The lowest BCUT2D eigenvalue weighted by molar-refractivity contribution is 1.15. The lowest BCUT2D eigenvalue weighted by Crippen LogP contribution is -1.72. The number of nitrogens with zero attached hydrogens (tertiary/aromatic N) is 4. The number of azo groups is 2. The van der Waals surface area contributed by atoms with Crippen molar-refractivity contribution in [2.24, 2.45) is 20.5 Å². The van der Waals surface area contributed by atoms with Gasteiger partial charge in [-0.2, -0.15) is 10.2 Å². The second-order valence-electron chi connectivity index (χ2n) is 2.99. The first-order valence-electron chi connectivity index (χ1n) is 4.86. The predicted molar refractivity (Wildman–Crippen MR) is 61.5 cm³/mol. The molecule has 1 aromatic rings. The average Bonchev–Trinajstić information content (AvgIpc) is 3.05. The van der Waals surface area contributed by atoms with Crippen molar-refractivity contribution in [3.63, 3.8) is 0 Å². The molecule has 0 fully saturated rings. The van der Waals surface area contributed by atoms with Crippen molar-refractivity contribution in [3.05, 3.63) is 72.3 Å². The van der Waals surface area contributed by atoms with Gasteiger partial charge in [-0.25, -0.2) is 0 Å². The number of hydrogen-bond acceptors (Lipinski definition) is 4. The second kappa shape index (κ2) is 5.50. The fraction of sp³-hybridized carbons (Fsp3) is 0. The van der Waals surface area contributed by atoms with Crippen LogP contribution < -0.4 is 0 Å². The Balaban J connectivity index is 0.000000138. The van der Waals surface area contributed by atoms with Crippen LogP contribution in [-0.4, -0.2) is 0 Å². The van der Waals surface area contributed by atoms with E-state index in [1.165, 1.54) is 0 Å². The summed E-state index contributed by atoms with van der Waals surface area (Å²) < 4.78 is 0. The monoisotopic (exact) mass is 210 g/mol. The van der Waals surface area contributed by atoms with Crippen molar-refractivity contribution < 1.29 is 0 Å². The summed E-state index contributed by atoms with van der Waals surface area (Å²) in [5.41, 5.74) is 1.55. The maximum absolute atomic E-state index is 3.81. The molecule has 0 bridgehead atoms. The van der Waals surface area contributed by atoms with E-state index in [0.29, 0.717) is 0 Å². The number of rotatable bonds is 0. The van der Waals surface area contributed by atoms with Crippen LogP contribution in [-0.2, 0) is 0 Å². The highest BCUT2D eigenvalue weighted by Gasteiger charge is 2.04. The topological polar surface area (TPSA) is 49.4 Å². The minimum Gasteiger partial charge on any atom is -0.158 e. The zero-order valence-corrected chi connectivity index (χ0v) is 8.56. The van der Waals surface area contributed by atoms with Crippen LogP contribution in [0.4, 0.5) is 0 Å². The van der Waals surface area contributed by atoms with Gasteiger partial charge < -0.3 is 0 Å². The van der Waals surface area contributed by atoms with Crippen LogP contribution in [0.1, 0.15) is 0 Å². The van der Waals surface area contributed by atoms with E-state index in [0.717, 1.165) is 11.4 Å². The molecule has 2 aliphatic rings. The molecule has 3 rings (SSSR count). The van der Waals surface area contributed by atoms with Crippen LogP contribution in [0.15, 0.2) is 92.8 Å². The molecule has 0 unspecified atom stereocenters. The van der Waals surface area contributed by atoms with E-state index >= 15 is 0 Å². The van der Waals surface area contributed by atoms with E-state index in [2.05, 4.69) is 20.5 Å². The molecule has 0 radical (unpaired) electrons. The Hall–Kier alpha value is -2.36. The van der Waals surface area contributed by atoms with Crippen molar-refractivity contribution in [2.75, 3.05) is 0 Å². The van der Waals surface area contributed by atoms with Crippen LogP contribution in [0, 0.1) is 0 Å². The molecule has 4 nitrogen and oxygen atoms in total. The van der Waals surface area contributed by atoms with E-state index in [4.69, 9.17) is 0 Å². The van der Waals surface area contributed by atoms with E-state index in [1.807, 2.05) is 36.4 Å². The van der Waals surface area contributed by atoms with Gasteiger partial charge in [0.1, 0.15) is 11.4 Å². The molecule has 1 aromatic carbocycles. The highest BCUT2D eigenvalue weighted by Crippen LogP contribution is 2.19. The van der Waals surface area contributed by atoms with Gasteiger partial charge in [-0.1, -0.05) is 36.4 Å². The molecule has 2 aliphatic heterocycles. The van der Waals surface area contributed by atoms with Gasteiger partial charge in [0.25, 0.3) is 0 Å². The zero-order valence-electron chi connectivity index (χ0n) is 8.56. The smallest absolute Gasteiger partial charge is 0.115 e. The van der Waals surface area contributed by atoms with Crippen molar-refractivity contribution >= 4 is 0 Å². The van der Waals surface area contributed by atoms with Gasteiger partial charge in [-0.05, 0) is 12.2 Å². The second-order valence-corrected chi connectivity index (χ2v) is 2.99. The molecule has 16 heavy (non-hydrogen) atoms. The molecule has 0 saturated carbocycles. The first kappa shape index (κ1) is 10.2. The van der Waals surface area contributed by atoms with Crippen LogP contribution in [0.3, 0.4) is 0 Å². The molecule has 0 N–H and O–H groups in total. The Morgan fingerprint density at radius 2 is 0.938 bits per heavy atom. The van der Waals surface area contributed by atoms with Crippen LogP contribution in [0.5, 0.6) is 0 Å². The van der Waals surface area contributed by atoms with Gasteiger partial charge in [0.15, 0.2) is 0 Å². The first-order chi connectivity index (χ1) is 7.97. The fourth-order valence-electron chi connectivity index (χ4n) is 1.12. The number of benzene rings is 1. The maximum Gasteiger partial charge on any atom is 0.115 e. The van der Waals surface area contributed by atoms with E-state index in [1.54, 1.807) is 24.6 Å². The molecule has 0 aliphatic carbocycles. The van der Waals surface area contributed by atoms with E-state index in [9.17, 15) is 0 Å². The van der Waals surface area contributed by atoms with Crippen LogP contribution in [0.25, 0.3) is 0 Å². The molecule has 4 heteroatoms. The Labute approximate surface area is 93.4 Å². The van der Waals surface area contributed by atoms with Gasteiger partial charge in [-0.15, -0.1) is 10.2 Å². The third-order valence-electron chi connectivity index (χ3n) is 1.86. The van der Waals surface area contributed by atoms with Crippen molar-refractivity contribution in [3.8, 4) is 0 Å². The molecule has 0 saturated heterocycles. The standard InChI is InChI=1S/C6H4N4.C6H6/c1-3-7-9-5(1)6-2-4-8-10-6;1-2-4-6-5-3-1/h1-4H;1-6H. The molecule has 0 amide bonds. The van der Waals surface area contributed by atoms with Crippen LogP contribution in [0.2, 0.25) is 0 Å². The predicted octanol–water partition coefficient (Wildman–Crippen LogP) is 3.84. The third kappa shape index (κ3) is 2.81. The molecule has 2 heterocycles. The molecule has 78 valence electrons. The molecule has 0 spiro atoms. The Morgan fingerprint density at radius 3 is 1.19 bits per heavy atom. The van der Waals surface area contributed by atoms with Gasteiger partial charge >= 0.3 is 0 Å². The average molecular weight is 210 g/mol. The summed E-state index contributed by atoms with van der Waals surface area (Å²) >= 11 is 0. The maximum atomic E-state index is 3.81. The summed E-state index contributed by atoms with van der Waals surface area (Å²) in [5, 5.41) is 14.9. The van der Waals surface area contributed by atoms with Crippen molar-refractivity contribution in [1.82, 2.24) is 0 Å². The molecule has 0 aromatic heterocycles. The lowest BCUT2D eigenvalue weighted by Gasteiger charge is -1.85. The Morgan fingerprint density at radius 1 is 0.562 bits per heavy atom. The normalized spacial score (nSPS) is 20.0. The van der Waals surface area contributed by atoms with Gasteiger partial charge in [0.05, 0.1) is 12.4 Å². The highest BCUT2D eigenvalue weighted by atomic mass is 15.2. The molecular formula is C12H10N4. The highest BCUT2D eigenvalue weighted by molar-refractivity contribution is 5.34. The minimum absolute atomic E-state index is 0.775. The van der Waals surface area contributed by atoms with E-state index in [-0.39, 0.29) is 0 Å². The Kier molecular flexibility index (Phi) is 3.50. The van der Waals surface area contributed by atoms with E-state index < -0.39 is 0 Å². The first-order valence-corrected chi connectivity index (χ1v) is 4.86. The summed E-state index contributed by atoms with van der Waals surface area (Å²) in [4.78, 5) is 0. The molecule has 0 atom stereocenters. The van der Waals surface area contributed by atoms with Crippen LogP contribution >= 0.6 is 0 Å². The summed E-state index contributed by atoms with van der Waals surface area (Å²) in [6.07, 6.45) is 6.85. The van der Waals surface area contributed by atoms with Gasteiger partial charge in [0, 0.05) is 0 Å². The minimum atomic E-state index is 0.775. The van der Waals surface area contributed by atoms with Crippen molar-refractivity contribution in [1.29, 1.82) is 0 Å². The van der Waals surface area contributed by atoms with Gasteiger partial charge in [-0.3, -0.25) is 0 Å². The third-order valence-corrected chi connectivity index (χ3v) is 1.86. The summed E-state index contributed by atoms with van der Waals surface area (Å²) in [6, 6.07) is 12.0. The summed E-state index contributed by atoms with van der Waals surface area (Å²) in [7, 11) is 0. The number of allylic oxidation sites excluding steroid dienone is 2. The Bertz CT molecular complexity index is 396. The summed E-state index contributed by atoms with van der Waals surface area (Å²) in [5.74, 6) is 0. The SMILES string of the molecule is C1=CC(=C2C=CN=N2)N=N1.c1ccccc1. The fourth-order valence-corrected chi connectivity index (χ4v) is 1.12. The van der Waals surface area contributed by atoms with Gasteiger partial charge in [0.2, 0.25) is 0 Å². The van der Waals surface area contributed by atoms with Crippen molar-refractivity contribution in [2.45, 2.75) is 0 Å². The molecular weight excluding hydrogens is 200 g/mol. The largest absolute Gasteiger partial charge is 0.158 e.